The second kappa shape index (κ2) is 5.83. The molecule has 0 radical (unpaired) electrons. The van der Waals surface area contributed by atoms with Crippen molar-refractivity contribution < 1.29 is 14.3 Å². The molecule has 0 unspecified atom stereocenters. The highest BCUT2D eigenvalue weighted by Crippen LogP contribution is 2.01. The maximum absolute atomic E-state index is 11.4. The second-order valence-electron chi connectivity index (χ2n) is 3.43. The topological polar surface area (TPSA) is 89.4 Å². The first-order chi connectivity index (χ1) is 8.02. The van der Waals surface area contributed by atoms with Gasteiger partial charge in [-0.2, -0.15) is 0 Å². The van der Waals surface area contributed by atoms with Crippen LogP contribution >= 0.6 is 0 Å². The zero-order chi connectivity index (χ0) is 12.8. The van der Waals surface area contributed by atoms with Crippen LogP contribution in [0.2, 0.25) is 0 Å². The number of nitrogens with one attached hydrogen (secondary N) is 1. The number of ether oxygens (including phenoxy) is 1. The Hall–Kier alpha value is -2.12. The fourth-order valence-electron chi connectivity index (χ4n) is 0.985. The van der Waals surface area contributed by atoms with E-state index in [1.165, 1.54) is 15.8 Å². The highest BCUT2D eigenvalue weighted by Gasteiger charge is 2.09. The summed E-state index contributed by atoms with van der Waals surface area (Å²) in [5, 5.41) is 9.77. The average molecular weight is 241 g/mol. The van der Waals surface area contributed by atoms with Gasteiger partial charge in [0.25, 0.3) is 0 Å². The largest absolute Gasteiger partial charge is 0.450 e. The molecule has 0 bridgehead atoms. The summed E-state index contributed by atoms with van der Waals surface area (Å²) in [4.78, 5) is 23.9. The van der Waals surface area contributed by atoms with E-state index in [4.69, 9.17) is 0 Å². The predicted molar refractivity (Wildman–Crippen MR) is 59.4 cm³/mol. The molecule has 1 aromatic heterocycles. The van der Waals surface area contributed by atoms with E-state index in [2.05, 4.69) is 20.4 Å². The number of likely N-dealkylation sites (N-methyl/N-ethyl adjacent to an activating group) is 1. The van der Waals surface area contributed by atoms with Crippen LogP contribution in [0.15, 0.2) is 6.20 Å². The first-order valence-corrected chi connectivity index (χ1v) is 5.07. The molecule has 1 rings (SSSR count). The first-order valence-electron chi connectivity index (χ1n) is 5.07. The van der Waals surface area contributed by atoms with E-state index in [1.54, 1.807) is 21.0 Å². The van der Waals surface area contributed by atoms with Gasteiger partial charge in [0.05, 0.1) is 12.8 Å². The molecular formula is C9H15N5O3. The molecule has 0 atom stereocenters. The summed E-state index contributed by atoms with van der Waals surface area (Å²) in [6, 6.07) is 0. The van der Waals surface area contributed by atoms with Gasteiger partial charge in [-0.15, -0.1) is 5.10 Å². The molecule has 0 aliphatic rings. The van der Waals surface area contributed by atoms with E-state index in [1.807, 2.05) is 0 Å². The lowest BCUT2D eigenvalue weighted by Gasteiger charge is -2.08. The van der Waals surface area contributed by atoms with Crippen LogP contribution in [0.4, 0.5) is 10.6 Å². The monoisotopic (exact) mass is 241 g/mol. The van der Waals surface area contributed by atoms with E-state index < -0.39 is 6.09 Å². The minimum atomic E-state index is -0.599. The van der Waals surface area contributed by atoms with Crippen molar-refractivity contribution in [2.75, 3.05) is 26.0 Å². The molecule has 1 N–H and O–H groups in total. The molecule has 1 aromatic rings. The van der Waals surface area contributed by atoms with E-state index in [0.29, 0.717) is 0 Å². The van der Waals surface area contributed by atoms with Gasteiger partial charge in [-0.25, -0.2) is 9.48 Å². The molecule has 94 valence electrons. The van der Waals surface area contributed by atoms with Gasteiger partial charge in [0.15, 0.2) is 5.82 Å². The van der Waals surface area contributed by atoms with Gasteiger partial charge in [0.2, 0.25) is 5.91 Å². The molecule has 0 fully saturated rings. The van der Waals surface area contributed by atoms with Crippen molar-refractivity contribution in [1.82, 2.24) is 19.9 Å². The van der Waals surface area contributed by atoms with E-state index in [-0.39, 0.29) is 24.9 Å². The Labute approximate surface area is 98.5 Å². The van der Waals surface area contributed by atoms with Crippen LogP contribution in [0.25, 0.3) is 0 Å². The Morgan fingerprint density at radius 1 is 1.53 bits per heavy atom. The van der Waals surface area contributed by atoms with E-state index >= 15 is 0 Å². The number of carbonyl (C=O) groups is 2. The molecule has 0 aliphatic heterocycles. The summed E-state index contributed by atoms with van der Waals surface area (Å²) in [6.07, 6.45) is 0.858. The number of nitrogens with zero attached hydrogens (tertiary/aromatic N) is 4. The minimum absolute atomic E-state index is 0.0739. The Morgan fingerprint density at radius 2 is 2.24 bits per heavy atom. The van der Waals surface area contributed by atoms with Crippen molar-refractivity contribution in [3.63, 3.8) is 0 Å². The summed E-state index contributed by atoms with van der Waals surface area (Å²) >= 11 is 0. The molecule has 0 aromatic carbocycles. The third-order valence-corrected chi connectivity index (χ3v) is 1.84. The summed E-state index contributed by atoms with van der Waals surface area (Å²) in [7, 11) is 3.30. The zero-order valence-electron chi connectivity index (χ0n) is 10.0. The van der Waals surface area contributed by atoms with Crippen molar-refractivity contribution in [1.29, 1.82) is 0 Å². The highest BCUT2D eigenvalue weighted by atomic mass is 16.5. The molecule has 0 saturated carbocycles. The average Bonchev–Trinajstić information content (AvgIpc) is 2.65. The third-order valence-electron chi connectivity index (χ3n) is 1.84. The summed E-state index contributed by atoms with van der Waals surface area (Å²) < 4.78 is 6.01. The SMILES string of the molecule is CCOC(=O)Nc1cn(CC(=O)N(C)C)nn1. The van der Waals surface area contributed by atoms with Crippen LogP contribution in [0.1, 0.15) is 6.92 Å². The summed E-state index contributed by atoms with van der Waals surface area (Å²) in [6.45, 7) is 2.05. The highest BCUT2D eigenvalue weighted by molar-refractivity contribution is 5.83. The van der Waals surface area contributed by atoms with Crippen LogP contribution in [-0.2, 0) is 16.1 Å². The molecular weight excluding hydrogens is 226 g/mol. The Bertz CT molecular complexity index is 401. The zero-order valence-corrected chi connectivity index (χ0v) is 10.0. The predicted octanol–water partition coefficient (Wildman–Crippen LogP) is -0.0653. The maximum Gasteiger partial charge on any atom is 0.412 e. The van der Waals surface area contributed by atoms with Crippen LogP contribution in [0, 0.1) is 0 Å². The molecule has 0 aliphatic carbocycles. The van der Waals surface area contributed by atoms with Gasteiger partial charge >= 0.3 is 6.09 Å². The van der Waals surface area contributed by atoms with Gasteiger partial charge in [-0.3, -0.25) is 10.1 Å². The van der Waals surface area contributed by atoms with Crippen LogP contribution < -0.4 is 5.32 Å². The lowest BCUT2D eigenvalue weighted by molar-refractivity contribution is -0.129. The lowest BCUT2D eigenvalue weighted by atomic mass is 10.5. The molecule has 1 heterocycles. The number of amides is 2. The number of carbonyl (C=O) groups excluding carboxylic acids is 2. The Morgan fingerprint density at radius 3 is 2.82 bits per heavy atom. The normalized spacial score (nSPS) is 9.82. The van der Waals surface area contributed by atoms with E-state index in [9.17, 15) is 9.59 Å². The number of hydrogen-bond acceptors (Lipinski definition) is 5. The van der Waals surface area contributed by atoms with Crippen LogP contribution in [0.3, 0.4) is 0 Å². The second-order valence-corrected chi connectivity index (χ2v) is 3.43. The number of anilines is 1. The number of aromatic nitrogens is 3. The smallest absolute Gasteiger partial charge is 0.412 e. The standard InChI is InChI=1S/C9H15N5O3/c1-4-17-9(16)10-7-5-14(12-11-7)6-8(15)13(2)3/h5H,4,6H2,1-3H3,(H,10,16). The Balaban J connectivity index is 2.53. The summed E-state index contributed by atoms with van der Waals surface area (Å²) in [5.41, 5.74) is 0. The van der Waals surface area contributed by atoms with Crippen molar-refractivity contribution >= 4 is 17.8 Å². The van der Waals surface area contributed by atoms with Crippen molar-refractivity contribution in [2.45, 2.75) is 13.5 Å². The Kier molecular flexibility index (Phi) is 4.44. The van der Waals surface area contributed by atoms with Crippen molar-refractivity contribution in [3.05, 3.63) is 6.20 Å². The van der Waals surface area contributed by atoms with Gasteiger partial charge in [0, 0.05) is 14.1 Å². The van der Waals surface area contributed by atoms with E-state index in [0.717, 1.165) is 0 Å². The van der Waals surface area contributed by atoms with Crippen LogP contribution in [-0.4, -0.2) is 52.6 Å². The maximum atomic E-state index is 11.4. The number of hydrogen-bond donors (Lipinski definition) is 1. The minimum Gasteiger partial charge on any atom is -0.450 e. The molecule has 0 saturated heterocycles. The summed E-state index contributed by atoms with van der Waals surface area (Å²) in [5.74, 6) is 0.132. The van der Waals surface area contributed by atoms with Gasteiger partial charge in [-0.05, 0) is 6.92 Å². The lowest BCUT2D eigenvalue weighted by Crippen LogP contribution is -2.26. The fraction of sp³-hybridized carbons (Fsp3) is 0.556. The van der Waals surface area contributed by atoms with Gasteiger partial charge in [0.1, 0.15) is 6.54 Å². The molecule has 8 nitrogen and oxygen atoms in total. The molecule has 8 heteroatoms. The molecule has 0 spiro atoms. The molecule has 17 heavy (non-hydrogen) atoms. The van der Waals surface area contributed by atoms with Gasteiger partial charge < -0.3 is 9.64 Å². The molecule has 2 amide bonds. The first kappa shape index (κ1) is 12.9. The quantitative estimate of drug-likeness (QED) is 0.797. The van der Waals surface area contributed by atoms with Crippen molar-refractivity contribution in [3.8, 4) is 0 Å². The van der Waals surface area contributed by atoms with Gasteiger partial charge in [-0.1, -0.05) is 5.21 Å². The van der Waals surface area contributed by atoms with Crippen molar-refractivity contribution in [2.24, 2.45) is 0 Å². The fourth-order valence-corrected chi connectivity index (χ4v) is 0.985. The van der Waals surface area contributed by atoms with Crippen LogP contribution in [0.5, 0.6) is 0 Å². The number of rotatable bonds is 4. The third kappa shape index (κ3) is 4.09.